The van der Waals surface area contributed by atoms with E-state index in [4.69, 9.17) is 0 Å². The average molecular weight is 284 g/mol. The highest BCUT2D eigenvalue weighted by Crippen LogP contribution is 2.24. The van der Waals surface area contributed by atoms with Crippen LogP contribution < -0.4 is 10.9 Å². The molecule has 2 aromatic rings. The summed E-state index contributed by atoms with van der Waals surface area (Å²) in [7, 11) is 0. The van der Waals surface area contributed by atoms with E-state index in [2.05, 4.69) is 46.8 Å². The molecule has 0 unspecified atom stereocenters. The molecular weight excluding hydrogens is 268 g/mol. The third kappa shape index (κ3) is 2.32. The lowest BCUT2D eigenvalue weighted by Gasteiger charge is -2.28. The van der Waals surface area contributed by atoms with Gasteiger partial charge in [0, 0.05) is 16.0 Å². The zero-order chi connectivity index (χ0) is 14.1. The van der Waals surface area contributed by atoms with Gasteiger partial charge in [-0.15, -0.1) is 23.0 Å². The second-order valence-corrected chi connectivity index (χ2v) is 5.17. The zero-order valence-electron chi connectivity index (χ0n) is 11.4. The van der Waals surface area contributed by atoms with Crippen LogP contribution in [0.2, 0.25) is 0 Å². The van der Waals surface area contributed by atoms with Gasteiger partial charge in [0.2, 0.25) is 0 Å². The van der Waals surface area contributed by atoms with Crippen LogP contribution in [0.3, 0.4) is 0 Å². The van der Waals surface area contributed by atoms with Crippen LogP contribution in [0.1, 0.15) is 13.8 Å². The van der Waals surface area contributed by atoms with Crippen LogP contribution in [0, 0.1) is 0 Å². The minimum atomic E-state index is 0.873. The van der Waals surface area contributed by atoms with E-state index in [9.17, 15) is 0 Å². The van der Waals surface area contributed by atoms with Crippen LogP contribution in [-0.2, 0) is 0 Å². The molecule has 3 rings (SSSR count). The Morgan fingerprint density at radius 2 is 1.85 bits per heavy atom. The number of anilines is 1. The molecule has 1 aliphatic rings. The number of hydrazone groups is 1. The van der Waals surface area contributed by atoms with Crippen molar-refractivity contribution in [2.24, 2.45) is 5.10 Å². The molecule has 2 N–H and O–H groups in total. The maximum Gasteiger partial charge on any atom is 0.0766 e. The molecule has 0 saturated carbocycles. The predicted octanol–water partition coefficient (Wildman–Crippen LogP) is 3.52. The van der Waals surface area contributed by atoms with Crippen molar-refractivity contribution in [2.75, 3.05) is 5.43 Å². The fourth-order valence-electron chi connectivity index (χ4n) is 2.20. The van der Waals surface area contributed by atoms with Crippen LogP contribution in [0.15, 0.2) is 58.2 Å². The maximum atomic E-state index is 4.41. The Kier molecular flexibility index (Phi) is 3.28. The van der Waals surface area contributed by atoms with Gasteiger partial charge in [-0.05, 0) is 25.3 Å². The molecule has 0 fully saturated rings. The molecule has 20 heavy (non-hydrogen) atoms. The summed E-state index contributed by atoms with van der Waals surface area (Å²) in [6.45, 7) is 3.91. The molecule has 2 aromatic carbocycles. The Morgan fingerprint density at radius 1 is 1.10 bits per heavy atom. The molecule has 1 aliphatic heterocycles. The number of nitrogens with zero attached hydrogens (tertiary/aromatic N) is 2. The molecule has 0 bridgehead atoms. The van der Waals surface area contributed by atoms with Crippen LogP contribution in [0.4, 0.5) is 5.69 Å². The summed E-state index contributed by atoms with van der Waals surface area (Å²) in [4.78, 5) is 0.876. The standard InChI is InChI=1S/C15H16N4S/c1-10-15(20)11(2)17-19(16-10)18-14-9-5-7-12-6-3-4-8-13(12)14/h3-9,16,18,20H,1-2H3. The van der Waals surface area contributed by atoms with Crippen LogP contribution in [-0.4, -0.2) is 10.9 Å². The minimum absolute atomic E-state index is 0.873. The van der Waals surface area contributed by atoms with Gasteiger partial charge in [-0.2, -0.15) is 0 Å². The van der Waals surface area contributed by atoms with E-state index in [0.29, 0.717) is 0 Å². The van der Waals surface area contributed by atoms with Crippen molar-refractivity contribution < 1.29 is 0 Å². The first-order valence-electron chi connectivity index (χ1n) is 6.42. The van der Waals surface area contributed by atoms with Crippen LogP contribution in [0.5, 0.6) is 0 Å². The number of allylic oxidation sites excluding steroid dienone is 2. The van der Waals surface area contributed by atoms with Crippen molar-refractivity contribution in [2.45, 2.75) is 13.8 Å². The van der Waals surface area contributed by atoms with Crippen molar-refractivity contribution in [3.05, 3.63) is 53.1 Å². The summed E-state index contributed by atoms with van der Waals surface area (Å²) in [5.74, 6) is 0. The maximum absolute atomic E-state index is 4.41. The van der Waals surface area contributed by atoms with Crippen LogP contribution in [0.25, 0.3) is 10.8 Å². The zero-order valence-corrected chi connectivity index (χ0v) is 12.3. The van der Waals surface area contributed by atoms with E-state index in [1.165, 1.54) is 5.39 Å². The van der Waals surface area contributed by atoms with Gasteiger partial charge in [-0.3, -0.25) is 10.9 Å². The van der Waals surface area contributed by atoms with Gasteiger partial charge in [0.1, 0.15) is 0 Å². The molecule has 0 amide bonds. The highest BCUT2D eigenvalue weighted by Gasteiger charge is 2.13. The Morgan fingerprint density at radius 3 is 2.65 bits per heavy atom. The molecule has 0 aromatic heterocycles. The molecule has 5 heteroatoms. The highest BCUT2D eigenvalue weighted by atomic mass is 32.1. The van der Waals surface area contributed by atoms with E-state index in [-0.39, 0.29) is 0 Å². The van der Waals surface area contributed by atoms with Crippen LogP contribution >= 0.6 is 12.6 Å². The first kappa shape index (κ1) is 12.9. The summed E-state index contributed by atoms with van der Waals surface area (Å²) in [5, 5.41) is 8.37. The van der Waals surface area contributed by atoms with Crippen molar-refractivity contribution in [1.29, 1.82) is 0 Å². The lowest BCUT2D eigenvalue weighted by molar-refractivity contribution is 0.270. The minimum Gasteiger partial charge on any atom is -0.266 e. The number of fused-ring (bicyclic) bond motifs is 1. The lowest BCUT2D eigenvalue weighted by atomic mass is 10.1. The Labute approximate surface area is 123 Å². The van der Waals surface area contributed by atoms with Gasteiger partial charge in [-0.1, -0.05) is 36.4 Å². The molecular formula is C15H16N4S. The van der Waals surface area contributed by atoms with Gasteiger partial charge in [0.25, 0.3) is 0 Å². The fraction of sp³-hybridized carbons (Fsp3) is 0.133. The number of hydrogen-bond donors (Lipinski definition) is 3. The van der Waals surface area contributed by atoms with Crippen molar-refractivity contribution in [3.8, 4) is 0 Å². The predicted molar refractivity (Wildman–Crippen MR) is 87.3 cm³/mol. The molecule has 0 saturated heterocycles. The van der Waals surface area contributed by atoms with Gasteiger partial charge in [-0.25, -0.2) is 0 Å². The van der Waals surface area contributed by atoms with Crippen molar-refractivity contribution in [3.63, 3.8) is 0 Å². The van der Waals surface area contributed by atoms with E-state index in [1.807, 2.05) is 38.1 Å². The second-order valence-electron chi connectivity index (χ2n) is 4.72. The first-order chi connectivity index (χ1) is 9.65. The van der Waals surface area contributed by atoms with E-state index in [1.54, 1.807) is 5.23 Å². The summed E-state index contributed by atoms with van der Waals surface area (Å²) >= 11 is 4.41. The third-order valence-electron chi connectivity index (χ3n) is 3.24. The molecule has 102 valence electrons. The van der Waals surface area contributed by atoms with Gasteiger partial charge >= 0.3 is 0 Å². The Hall–Kier alpha value is -2.14. The number of rotatable bonds is 2. The highest BCUT2D eigenvalue weighted by molar-refractivity contribution is 7.85. The molecule has 1 heterocycles. The Balaban J connectivity index is 1.92. The van der Waals surface area contributed by atoms with Crippen molar-refractivity contribution >= 4 is 34.8 Å². The molecule has 0 aliphatic carbocycles. The third-order valence-corrected chi connectivity index (χ3v) is 3.90. The van der Waals surface area contributed by atoms with E-state index in [0.717, 1.165) is 27.4 Å². The molecule has 4 nitrogen and oxygen atoms in total. The number of benzene rings is 2. The number of hydrazine groups is 2. The molecule has 0 atom stereocenters. The SMILES string of the molecule is CC1=NN(Nc2cccc3ccccc23)NC(C)=C1S. The topological polar surface area (TPSA) is 39.7 Å². The molecule has 0 spiro atoms. The number of hydrogen-bond acceptors (Lipinski definition) is 5. The average Bonchev–Trinajstić information content (AvgIpc) is 2.45. The second kappa shape index (κ2) is 5.09. The van der Waals surface area contributed by atoms with Gasteiger partial charge in [0.15, 0.2) is 0 Å². The summed E-state index contributed by atoms with van der Waals surface area (Å²) in [6, 6.07) is 14.4. The summed E-state index contributed by atoms with van der Waals surface area (Å²) in [6.07, 6.45) is 0. The number of nitrogens with one attached hydrogen (secondary N) is 2. The normalized spacial score (nSPS) is 15.2. The van der Waals surface area contributed by atoms with E-state index >= 15 is 0 Å². The summed E-state index contributed by atoms with van der Waals surface area (Å²) in [5.41, 5.74) is 9.26. The van der Waals surface area contributed by atoms with Gasteiger partial charge < -0.3 is 0 Å². The lowest BCUT2D eigenvalue weighted by Crippen LogP contribution is -2.41. The Bertz CT molecular complexity index is 715. The molecule has 0 radical (unpaired) electrons. The first-order valence-corrected chi connectivity index (χ1v) is 6.86. The van der Waals surface area contributed by atoms with Crippen molar-refractivity contribution in [1.82, 2.24) is 10.7 Å². The number of thiol groups is 1. The monoisotopic (exact) mass is 284 g/mol. The largest absolute Gasteiger partial charge is 0.266 e. The quantitative estimate of drug-likeness (QED) is 0.739. The van der Waals surface area contributed by atoms with E-state index < -0.39 is 0 Å². The fourth-order valence-corrected chi connectivity index (χ4v) is 2.29. The van der Waals surface area contributed by atoms with Gasteiger partial charge in [0.05, 0.1) is 11.4 Å². The summed E-state index contributed by atoms with van der Waals surface area (Å²) < 4.78 is 0. The smallest absolute Gasteiger partial charge is 0.0766 e.